The first-order valence-corrected chi connectivity index (χ1v) is 14.6. The summed E-state index contributed by atoms with van der Waals surface area (Å²) in [6.45, 7) is 21.0. The minimum absolute atomic E-state index is 0.275. The summed E-state index contributed by atoms with van der Waals surface area (Å²) in [7, 11) is 4.87. The van der Waals surface area contributed by atoms with Crippen LogP contribution < -0.4 is 0 Å². The maximum absolute atomic E-state index is 6.68. The standard InChI is InChI=1S/C29H64N2O/c1-10-15-16-17-18-19-20-21-22-23-24-25-26-27(6)32-28(7)29(30(8,11-2)12-3)31(9,13-4)14-5/h27-29H,10-26H2,1-9H3/q+2. The Kier molecular flexibility index (Phi) is 18.2. The number of unbranched alkanes of at least 4 members (excludes halogenated alkanes) is 11. The van der Waals surface area contributed by atoms with E-state index in [1.54, 1.807) is 0 Å². The first-order chi connectivity index (χ1) is 15.2. The smallest absolute Gasteiger partial charge is 0.242 e. The van der Waals surface area contributed by atoms with Crippen LogP contribution in [-0.4, -0.2) is 67.6 Å². The van der Waals surface area contributed by atoms with Crippen LogP contribution >= 0.6 is 0 Å². The molecule has 2 atom stereocenters. The minimum atomic E-state index is 0.275. The predicted molar refractivity (Wildman–Crippen MR) is 144 cm³/mol. The van der Waals surface area contributed by atoms with E-state index in [-0.39, 0.29) is 6.10 Å². The largest absolute Gasteiger partial charge is 0.363 e. The zero-order chi connectivity index (χ0) is 24.5. The van der Waals surface area contributed by atoms with Crippen molar-refractivity contribution < 1.29 is 13.7 Å². The van der Waals surface area contributed by atoms with E-state index < -0.39 is 0 Å². The molecule has 0 bridgehead atoms. The molecule has 0 spiro atoms. The molecule has 3 nitrogen and oxygen atoms in total. The van der Waals surface area contributed by atoms with Gasteiger partial charge in [-0.1, -0.05) is 84.0 Å². The zero-order valence-electron chi connectivity index (χ0n) is 24.1. The molecule has 0 heterocycles. The van der Waals surface area contributed by atoms with Gasteiger partial charge in [-0.15, -0.1) is 0 Å². The van der Waals surface area contributed by atoms with Crippen LogP contribution in [0.4, 0.5) is 0 Å². The van der Waals surface area contributed by atoms with Crippen molar-refractivity contribution >= 4 is 0 Å². The van der Waals surface area contributed by atoms with Crippen LogP contribution in [0.25, 0.3) is 0 Å². The van der Waals surface area contributed by atoms with E-state index in [0.29, 0.717) is 12.3 Å². The van der Waals surface area contributed by atoms with Gasteiger partial charge in [0.2, 0.25) is 6.17 Å². The Morgan fingerprint density at radius 3 is 1.22 bits per heavy atom. The SMILES string of the molecule is CCCCCCCCCCCCCCC(C)OC(C)C([N+](C)(CC)CC)[N+](C)(CC)CC. The maximum atomic E-state index is 6.68. The van der Waals surface area contributed by atoms with Crippen LogP contribution in [-0.2, 0) is 4.74 Å². The summed E-state index contributed by atoms with van der Waals surface area (Å²) >= 11 is 0. The van der Waals surface area contributed by atoms with Gasteiger partial charge >= 0.3 is 0 Å². The van der Waals surface area contributed by atoms with Crippen molar-refractivity contribution in [3.63, 3.8) is 0 Å². The lowest BCUT2D eigenvalue weighted by atomic mass is 10.0. The highest BCUT2D eigenvalue weighted by Gasteiger charge is 2.47. The van der Waals surface area contributed by atoms with Crippen LogP contribution in [0.2, 0.25) is 0 Å². The lowest BCUT2D eigenvalue weighted by Gasteiger charge is -2.51. The lowest BCUT2D eigenvalue weighted by molar-refractivity contribution is -1.12. The Bertz CT molecular complexity index is 399. The Labute approximate surface area is 204 Å². The summed E-state index contributed by atoms with van der Waals surface area (Å²) in [4.78, 5) is 0. The molecule has 0 aliphatic carbocycles. The third-order valence-corrected chi connectivity index (χ3v) is 8.50. The van der Waals surface area contributed by atoms with Gasteiger partial charge in [0.15, 0.2) is 6.10 Å². The Morgan fingerprint density at radius 2 is 0.875 bits per heavy atom. The molecule has 0 fully saturated rings. The monoisotopic (exact) mass is 457 g/mol. The molecule has 0 aliphatic heterocycles. The van der Waals surface area contributed by atoms with Crippen LogP contribution in [0.3, 0.4) is 0 Å². The van der Waals surface area contributed by atoms with Crippen molar-refractivity contribution in [2.24, 2.45) is 0 Å². The Morgan fingerprint density at radius 1 is 0.531 bits per heavy atom. The van der Waals surface area contributed by atoms with E-state index in [4.69, 9.17) is 4.74 Å². The number of nitrogens with zero attached hydrogens (tertiary/aromatic N) is 2. The number of rotatable bonds is 22. The molecule has 0 aromatic heterocycles. The van der Waals surface area contributed by atoms with Crippen LogP contribution in [0.5, 0.6) is 0 Å². The van der Waals surface area contributed by atoms with E-state index in [0.717, 1.165) is 35.1 Å². The highest BCUT2D eigenvalue weighted by atomic mass is 16.5. The molecule has 0 saturated carbocycles. The van der Waals surface area contributed by atoms with Crippen LogP contribution in [0.15, 0.2) is 0 Å². The summed E-state index contributed by atoms with van der Waals surface area (Å²) in [5.74, 6) is 0. The molecule has 0 rings (SSSR count). The number of hydrogen-bond acceptors (Lipinski definition) is 1. The molecule has 3 heteroatoms. The second kappa shape index (κ2) is 18.2. The number of quaternary nitrogens is 2. The molecule has 0 radical (unpaired) electrons. The van der Waals surface area contributed by atoms with E-state index in [1.165, 1.54) is 83.5 Å². The third kappa shape index (κ3) is 11.8. The molecular formula is C29H64N2O+2. The summed E-state index contributed by atoms with van der Waals surface area (Å²) in [5, 5.41) is 0. The minimum Gasteiger partial charge on any atom is -0.363 e. The van der Waals surface area contributed by atoms with Gasteiger partial charge in [0.05, 0.1) is 46.4 Å². The van der Waals surface area contributed by atoms with E-state index in [9.17, 15) is 0 Å². The fourth-order valence-electron chi connectivity index (χ4n) is 5.66. The normalized spacial score (nSPS) is 14.8. The molecule has 32 heavy (non-hydrogen) atoms. The van der Waals surface area contributed by atoms with Gasteiger partial charge in [0, 0.05) is 0 Å². The lowest BCUT2D eigenvalue weighted by Crippen LogP contribution is -2.71. The van der Waals surface area contributed by atoms with Gasteiger partial charge in [-0.25, -0.2) is 0 Å². The van der Waals surface area contributed by atoms with Gasteiger partial charge in [-0.3, -0.25) is 8.97 Å². The number of hydrogen-bond donors (Lipinski definition) is 0. The quantitative estimate of drug-likeness (QED) is 0.0906. The molecule has 0 aromatic carbocycles. The molecule has 0 aliphatic rings. The summed E-state index contributed by atoms with van der Waals surface area (Å²) in [6.07, 6.45) is 19.3. The zero-order valence-corrected chi connectivity index (χ0v) is 24.1. The summed E-state index contributed by atoms with van der Waals surface area (Å²) in [6, 6.07) is 0. The second-order valence-corrected chi connectivity index (χ2v) is 11.0. The molecule has 2 unspecified atom stereocenters. The summed E-state index contributed by atoms with van der Waals surface area (Å²) in [5.41, 5.74) is 0. The Hall–Kier alpha value is -0.120. The highest BCUT2D eigenvalue weighted by molar-refractivity contribution is 4.64. The van der Waals surface area contributed by atoms with Crippen LogP contribution in [0, 0.1) is 0 Å². The van der Waals surface area contributed by atoms with E-state index in [1.807, 2.05) is 0 Å². The van der Waals surface area contributed by atoms with Gasteiger partial charge in [0.1, 0.15) is 0 Å². The number of likely N-dealkylation sites (N-methyl/N-ethyl adjacent to an activating group) is 2. The molecule has 0 N–H and O–H groups in total. The summed E-state index contributed by atoms with van der Waals surface area (Å²) < 4.78 is 8.86. The average molecular weight is 457 g/mol. The topological polar surface area (TPSA) is 9.23 Å². The highest BCUT2D eigenvalue weighted by Crippen LogP contribution is 2.27. The molecule has 0 aromatic rings. The van der Waals surface area contributed by atoms with Crippen molar-refractivity contribution in [2.75, 3.05) is 40.3 Å². The van der Waals surface area contributed by atoms with Crippen molar-refractivity contribution in [1.29, 1.82) is 0 Å². The Balaban J connectivity index is 4.27. The van der Waals surface area contributed by atoms with Crippen molar-refractivity contribution in [3.05, 3.63) is 0 Å². The second-order valence-electron chi connectivity index (χ2n) is 11.0. The fraction of sp³-hybridized carbons (Fsp3) is 1.00. The average Bonchev–Trinajstić information content (AvgIpc) is 2.79. The van der Waals surface area contributed by atoms with Crippen molar-refractivity contribution in [3.8, 4) is 0 Å². The first kappa shape index (κ1) is 31.9. The van der Waals surface area contributed by atoms with Crippen LogP contribution in [0.1, 0.15) is 132 Å². The fourth-order valence-corrected chi connectivity index (χ4v) is 5.66. The van der Waals surface area contributed by atoms with Crippen molar-refractivity contribution in [2.45, 2.75) is 150 Å². The first-order valence-electron chi connectivity index (χ1n) is 14.6. The van der Waals surface area contributed by atoms with Gasteiger partial charge in [-0.2, -0.15) is 0 Å². The third-order valence-electron chi connectivity index (χ3n) is 8.50. The molecule has 0 amide bonds. The predicted octanol–water partition coefficient (Wildman–Crippen LogP) is 8.17. The molecule has 194 valence electrons. The van der Waals surface area contributed by atoms with Gasteiger partial charge in [-0.05, 0) is 48.0 Å². The molecule has 0 saturated heterocycles. The number of ether oxygens (including phenoxy) is 1. The van der Waals surface area contributed by atoms with E-state index in [2.05, 4.69) is 62.6 Å². The van der Waals surface area contributed by atoms with Gasteiger partial charge < -0.3 is 4.74 Å². The van der Waals surface area contributed by atoms with E-state index >= 15 is 0 Å². The molecular weight excluding hydrogens is 392 g/mol. The maximum Gasteiger partial charge on any atom is 0.242 e. The van der Waals surface area contributed by atoms with Gasteiger partial charge in [0.25, 0.3) is 0 Å². The van der Waals surface area contributed by atoms with Crippen molar-refractivity contribution in [1.82, 2.24) is 0 Å².